The number of carbonyl (C=O) groups is 1. The molecule has 0 radical (unpaired) electrons. The van der Waals surface area contributed by atoms with E-state index >= 15 is 0 Å². The van der Waals surface area contributed by atoms with Crippen LogP contribution in [-0.4, -0.2) is 12.5 Å². The van der Waals surface area contributed by atoms with E-state index in [9.17, 15) is 9.59 Å². The molecule has 1 aliphatic heterocycles. The molecule has 0 bridgehead atoms. The lowest BCUT2D eigenvalue weighted by molar-refractivity contribution is 0.0971. The standard InChI is InChI=1S/C33H27NO5/c1-4-37-24-15-13-23(14-16-24)34-30(22-9-8-12-26(19-22)38-25-10-6-5-7-11-25)29-31(35)27-17-20(2)21(3)18-28(27)39-32(29)33(34)36/h5-19,30H,4H2,1-3H3. The first-order valence-corrected chi connectivity index (χ1v) is 12.9. The van der Waals surface area contributed by atoms with Crippen LogP contribution in [0.25, 0.3) is 11.0 Å². The third-order valence-electron chi connectivity index (χ3n) is 7.07. The lowest BCUT2D eigenvalue weighted by Gasteiger charge is -2.25. The molecule has 2 heterocycles. The van der Waals surface area contributed by atoms with Crippen molar-refractivity contribution in [1.82, 2.24) is 0 Å². The maximum Gasteiger partial charge on any atom is 0.295 e. The molecule has 6 rings (SSSR count). The third kappa shape index (κ3) is 4.34. The molecule has 39 heavy (non-hydrogen) atoms. The summed E-state index contributed by atoms with van der Waals surface area (Å²) in [6.45, 7) is 6.37. The number of fused-ring (bicyclic) bond motifs is 2. The van der Waals surface area contributed by atoms with Crippen LogP contribution in [0.1, 0.15) is 45.8 Å². The van der Waals surface area contributed by atoms with Crippen LogP contribution in [0.5, 0.6) is 17.2 Å². The van der Waals surface area contributed by atoms with Gasteiger partial charge in [-0.25, -0.2) is 0 Å². The van der Waals surface area contributed by atoms with Gasteiger partial charge in [0.15, 0.2) is 5.43 Å². The zero-order chi connectivity index (χ0) is 27.1. The second-order valence-corrected chi connectivity index (χ2v) is 9.60. The molecule has 1 aliphatic rings. The predicted molar refractivity (Wildman–Crippen MR) is 151 cm³/mol. The Bertz CT molecular complexity index is 1760. The fraction of sp³-hybridized carbons (Fsp3) is 0.152. The Hall–Kier alpha value is -4.84. The van der Waals surface area contributed by atoms with E-state index in [1.807, 2.05) is 112 Å². The molecule has 4 aromatic carbocycles. The minimum absolute atomic E-state index is 0.0593. The largest absolute Gasteiger partial charge is 0.494 e. The lowest BCUT2D eigenvalue weighted by atomic mass is 9.97. The summed E-state index contributed by atoms with van der Waals surface area (Å²) in [4.78, 5) is 29.6. The van der Waals surface area contributed by atoms with Gasteiger partial charge in [-0.05, 0) is 98.1 Å². The number of benzene rings is 4. The summed E-state index contributed by atoms with van der Waals surface area (Å²) in [6.07, 6.45) is 0. The third-order valence-corrected chi connectivity index (χ3v) is 7.07. The van der Waals surface area contributed by atoms with Gasteiger partial charge >= 0.3 is 0 Å². The molecule has 5 aromatic rings. The highest BCUT2D eigenvalue weighted by Crippen LogP contribution is 2.42. The number of hydrogen-bond donors (Lipinski definition) is 0. The van der Waals surface area contributed by atoms with Crippen molar-refractivity contribution in [1.29, 1.82) is 0 Å². The van der Waals surface area contributed by atoms with Crippen molar-refractivity contribution < 1.29 is 18.7 Å². The van der Waals surface area contributed by atoms with E-state index in [-0.39, 0.29) is 17.1 Å². The van der Waals surface area contributed by atoms with Crippen LogP contribution in [0.4, 0.5) is 5.69 Å². The predicted octanol–water partition coefficient (Wildman–Crippen LogP) is 7.35. The van der Waals surface area contributed by atoms with E-state index in [4.69, 9.17) is 13.9 Å². The van der Waals surface area contributed by atoms with Gasteiger partial charge in [-0.15, -0.1) is 0 Å². The minimum Gasteiger partial charge on any atom is -0.494 e. The molecule has 0 saturated heterocycles. The summed E-state index contributed by atoms with van der Waals surface area (Å²) in [6, 6.07) is 27.2. The molecule has 0 N–H and O–H groups in total. The Morgan fingerprint density at radius 3 is 2.26 bits per heavy atom. The number of nitrogens with zero attached hydrogens (tertiary/aromatic N) is 1. The molecule has 6 heteroatoms. The highest BCUT2D eigenvalue weighted by atomic mass is 16.5. The summed E-state index contributed by atoms with van der Waals surface area (Å²) in [5.74, 6) is 1.68. The van der Waals surface area contributed by atoms with Crippen molar-refractivity contribution in [3.05, 3.63) is 129 Å². The lowest BCUT2D eigenvalue weighted by Crippen LogP contribution is -2.29. The SMILES string of the molecule is CCOc1ccc(N2C(=O)c3oc4cc(C)c(C)cc4c(=O)c3C2c2cccc(Oc3ccccc3)c2)cc1. The normalized spacial score (nSPS) is 14.5. The number of hydrogen-bond acceptors (Lipinski definition) is 5. The number of aryl methyl sites for hydroxylation is 2. The zero-order valence-electron chi connectivity index (χ0n) is 21.9. The van der Waals surface area contributed by atoms with Gasteiger partial charge in [0.25, 0.3) is 5.91 Å². The van der Waals surface area contributed by atoms with Gasteiger partial charge in [0.1, 0.15) is 22.8 Å². The van der Waals surface area contributed by atoms with Gasteiger partial charge in [-0.1, -0.05) is 30.3 Å². The first kappa shape index (κ1) is 24.5. The number of carbonyl (C=O) groups excluding carboxylic acids is 1. The van der Waals surface area contributed by atoms with Gasteiger partial charge in [-0.3, -0.25) is 14.5 Å². The quantitative estimate of drug-likeness (QED) is 0.236. The minimum atomic E-state index is -0.702. The van der Waals surface area contributed by atoms with Gasteiger partial charge < -0.3 is 13.9 Å². The second-order valence-electron chi connectivity index (χ2n) is 9.60. The van der Waals surface area contributed by atoms with Crippen LogP contribution < -0.4 is 19.8 Å². The molecule has 0 saturated carbocycles. The molecule has 0 spiro atoms. The molecule has 1 aromatic heterocycles. The van der Waals surface area contributed by atoms with E-state index in [1.165, 1.54) is 0 Å². The van der Waals surface area contributed by atoms with Gasteiger partial charge in [-0.2, -0.15) is 0 Å². The van der Waals surface area contributed by atoms with Crippen LogP contribution in [0.15, 0.2) is 100 Å². The summed E-state index contributed by atoms with van der Waals surface area (Å²) in [7, 11) is 0. The first-order chi connectivity index (χ1) is 18.9. The van der Waals surface area contributed by atoms with E-state index in [0.29, 0.717) is 46.1 Å². The molecule has 1 atom stereocenters. The highest BCUT2D eigenvalue weighted by molar-refractivity contribution is 6.10. The van der Waals surface area contributed by atoms with Crippen molar-refractivity contribution in [3.63, 3.8) is 0 Å². The maximum atomic E-state index is 14.0. The van der Waals surface area contributed by atoms with Gasteiger partial charge in [0.2, 0.25) is 5.76 Å². The van der Waals surface area contributed by atoms with Crippen molar-refractivity contribution >= 4 is 22.6 Å². The summed E-state index contributed by atoms with van der Waals surface area (Å²) in [5, 5.41) is 0.458. The van der Waals surface area contributed by atoms with Crippen molar-refractivity contribution in [2.24, 2.45) is 0 Å². The Kier molecular flexibility index (Phi) is 6.15. The topological polar surface area (TPSA) is 69.0 Å². The van der Waals surface area contributed by atoms with Crippen molar-refractivity contribution in [2.75, 3.05) is 11.5 Å². The maximum absolute atomic E-state index is 14.0. The van der Waals surface area contributed by atoms with Crippen LogP contribution in [0, 0.1) is 13.8 Å². The summed E-state index contributed by atoms with van der Waals surface area (Å²) >= 11 is 0. The Labute approximate surface area is 226 Å². The van der Waals surface area contributed by atoms with Crippen LogP contribution in [0.2, 0.25) is 0 Å². The average molecular weight is 518 g/mol. The Morgan fingerprint density at radius 1 is 0.795 bits per heavy atom. The fourth-order valence-electron chi connectivity index (χ4n) is 5.05. The molecule has 0 fully saturated rings. The summed E-state index contributed by atoms with van der Waals surface area (Å²) in [5.41, 5.74) is 3.85. The van der Waals surface area contributed by atoms with Crippen LogP contribution >= 0.6 is 0 Å². The number of para-hydroxylation sites is 1. The molecule has 194 valence electrons. The molecule has 6 nitrogen and oxygen atoms in total. The van der Waals surface area contributed by atoms with Gasteiger partial charge in [0, 0.05) is 5.69 Å². The Balaban J connectivity index is 1.54. The van der Waals surface area contributed by atoms with Crippen molar-refractivity contribution in [2.45, 2.75) is 26.8 Å². The molecule has 0 aliphatic carbocycles. The summed E-state index contributed by atoms with van der Waals surface area (Å²) < 4.78 is 17.9. The molecule has 1 unspecified atom stereocenters. The van der Waals surface area contributed by atoms with Crippen molar-refractivity contribution in [3.8, 4) is 17.2 Å². The second kappa shape index (κ2) is 9.80. The van der Waals surface area contributed by atoms with E-state index in [1.54, 1.807) is 4.90 Å². The first-order valence-electron chi connectivity index (χ1n) is 12.9. The van der Waals surface area contributed by atoms with Crippen LogP contribution in [-0.2, 0) is 0 Å². The van der Waals surface area contributed by atoms with Gasteiger partial charge in [0.05, 0.1) is 23.6 Å². The van der Waals surface area contributed by atoms with Crippen LogP contribution in [0.3, 0.4) is 0 Å². The number of anilines is 1. The van der Waals surface area contributed by atoms with E-state index < -0.39 is 6.04 Å². The fourth-order valence-corrected chi connectivity index (χ4v) is 5.05. The molecular weight excluding hydrogens is 490 g/mol. The number of rotatable bonds is 6. The number of ether oxygens (including phenoxy) is 2. The molecular formula is C33H27NO5. The smallest absolute Gasteiger partial charge is 0.295 e. The Morgan fingerprint density at radius 2 is 1.51 bits per heavy atom. The zero-order valence-corrected chi connectivity index (χ0v) is 21.9. The monoisotopic (exact) mass is 517 g/mol. The van der Waals surface area contributed by atoms with E-state index in [2.05, 4.69) is 0 Å². The average Bonchev–Trinajstić information content (AvgIpc) is 3.23. The highest BCUT2D eigenvalue weighted by Gasteiger charge is 2.43. The number of amides is 1. The molecule has 1 amide bonds. The van der Waals surface area contributed by atoms with E-state index in [0.717, 1.165) is 16.7 Å².